The minimum absolute atomic E-state index is 0.0230. The Morgan fingerprint density at radius 2 is 2.05 bits per heavy atom. The summed E-state index contributed by atoms with van der Waals surface area (Å²) in [4.78, 5) is 21.6. The van der Waals surface area contributed by atoms with E-state index in [9.17, 15) is 14.9 Å². The first-order valence-electron chi connectivity index (χ1n) is 6.91. The number of anilines is 1. The summed E-state index contributed by atoms with van der Waals surface area (Å²) in [6.07, 6.45) is 1.61. The second kappa shape index (κ2) is 8.91. The zero-order chi connectivity index (χ0) is 15.7. The minimum atomic E-state index is -0.443. The molecule has 116 valence electrons. The number of aliphatic hydroxyl groups is 1. The Hall–Kier alpha value is -2.15. The third-order valence-electron chi connectivity index (χ3n) is 2.96. The summed E-state index contributed by atoms with van der Waals surface area (Å²) in [6, 6.07) is 6.13. The number of hydrogen-bond acceptors (Lipinski definition) is 5. The Morgan fingerprint density at radius 3 is 2.62 bits per heavy atom. The third-order valence-corrected chi connectivity index (χ3v) is 2.96. The molecule has 0 saturated heterocycles. The van der Waals surface area contributed by atoms with Crippen molar-refractivity contribution >= 4 is 17.3 Å². The number of hydrogen-bond donors (Lipinski definition) is 3. The van der Waals surface area contributed by atoms with Crippen molar-refractivity contribution in [1.82, 2.24) is 5.32 Å². The number of nitrogens with one attached hydrogen (secondary N) is 2. The van der Waals surface area contributed by atoms with Crippen LogP contribution in [0.15, 0.2) is 24.3 Å². The van der Waals surface area contributed by atoms with Crippen molar-refractivity contribution in [2.24, 2.45) is 0 Å². The van der Waals surface area contributed by atoms with Crippen molar-refractivity contribution in [3.8, 4) is 0 Å². The molecule has 1 unspecified atom stereocenters. The van der Waals surface area contributed by atoms with E-state index in [0.717, 1.165) is 5.69 Å². The van der Waals surface area contributed by atoms with E-state index in [1.54, 1.807) is 12.1 Å². The highest BCUT2D eigenvalue weighted by Crippen LogP contribution is 2.15. The molecule has 0 spiro atoms. The second-order valence-corrected chi connectivity index (χ2v) is 4.82. The highest BCUT2D eigenvalue weighted by molar-refractivity contribution is 5.76. The molecule has 21 heavy (non-hydrogen) atoms. The Bertz CT molecular complexity index is 462. The largest absolute Gasteiger partial charge is 0.396 e. The maximum absolute atomic E-state index is 11.6. The molecule has 0 radical (unpaired) electrons. The van der Waals surface area contributed by atoms with Gasteiger partial charge in [0.2, 0.25) is 5.91 Å². The van der Waals surface area contributed by atoms with Crippen molar-refractivity contribution in [1.29, 1.82) is 0 Å². The van der Waals surface area contributed by atoms with E-state index in [2.05, 4.69) is 10.6 Å². The van der Waals surface area contributed by atoms with Crippen LogP contribution in [0.1, 0.15) is 26.2 Å². The summed E-state index contributed by atoms with van der Waals surface area (Å²) >= 11 is 0. The summed E-state index contributed by atoms with van der Waals surface area (Å²) in [6.45, 7) is 2.52. The van der Waals surface area contributed by atoms with Crippen molar-refractivity contribution in [3.05, 3.63) is 34.4 Å². The van der Waals surface area contributed by atoms with Crippen molar-refractivity contribution in [3.63, 3.8) is 0 Å². The molecule has 0 aromatic heterocycles. The van der Waals surface area contributed by atoms with Gasteiger partial charge in [-0.3, -0.25) is 14.9 Å². The number of carbonyl (C=O) groups excluding carboxylic acids is 1. The SMILES string of the molecule is CC(CCO)NC(=O)CCCNc1ccc([N+](=O)[O-])cc1. The quantitative estimate of drug-likeness (QED) is 0.365. The van der Waals surface area contributed by atoms with Crippen molar-refractivity contribution in [2.45, 2.75) is 32.2 Å². The highest BCUT2D eigenvalue weighted by atomic mass is 16.6. The van der Waals surface area contributed by atoms with Crippen LogP contribution in [0.5, 0.6) is 0 Å². The van der Waals surface area contributed by atoms with Crippen LogP contribution in [-0.4, -0.2) is 35.1 Å². The van der Waals surface area contributed by atoms with Gasteiger partial charge in [0.1, 0.15) is 0 Å². The fourth-order valence-electron chi connectivity index (χ4n) is 1.80. The molecular formula is C14H21N3O4. The Kier molecular flexibility index (Phi) is 7.17. The molecular weight excluding hydrogens is 274 g/mol. The molecule has 0 heterocycles. The Morgan fingerprint density at radius 1 is 1.38 bits per heavy atom. The molecule has 0 aliphatic rings. The predicted octanol–water partition coefficient (Wildman–Crippen LogP) is 1.67. The topological polar surface area (TPSA) is 104 Å². The van der Waals surface area contributed by atoms with Gasteiger partial charge in [-0.1, -0.05) is 0 Å². The van der Waals surface area contributed by atoms with Crippen LogP contribution in [0.2, 0.25) is 0 Å². The molecule has 1 aromatic carbocycles. The van der Waals surface area contributed by atoms with Crippen LogP contribution < -0.4 is 10.6 Å². The number of amides is 1. The number of nitro benzene ring substituents is 1. The lowest BCUT2D eigenvalue weighted by atomic mass is 10.2. The van der Waals surface area contributed by atoms with E-state index < -0.39 is 4.92 Å². The van der Waals surface area contributed by atoms with Gasteiger partial charge in [0.05, 0.1) is 4.92 Å². The van der Waals surface area contributed by atoms with Gasteiger partial charge in [-0.25, -0.2) is 0 Å². The van der Waals surface area contributed by atoms with E-state index in [0.29, 0.717) is 25.8 Å². The van der Waals surface area contributed by atoms with Gasteiger partial charge in [0, 0.05) is 43.4 Å². The number of rotatable bonds is 9. The molecule has 1 rings (SSSR count). The lowest BCUT2D eigenvalue weighted by Gasteiger charge is -2.12. The fourth-order valence-corrected chi connectivity index (χ4v) is 1.80. The van der Waals surface area contributed by atoms with E-state index in [4.69, 9.17) is 5.11 Å². The zero-order valence-electron chi connectivity index (χ0n) is 12.0. The molecule has 0 aliphatic heterocycles. The van der Waals surface area contributed by atoms with Gasteiger partial charge in [-0.15, -0.1) is 0 Å². The molecule has 0 saturated carbocycles. The maximum Gasteiger partial charge on any atom is 0.269 e. The van der Waals surface area contributed by atoms with Crippen LogP contribution in [0, 0.1) is 10.1 Å². The summed E-state index contributed by atoms with van der Waals surface area (Å²) in [7, 11) is 0. The summed E-state index contributed by atoms with van der Waals surface area (Å²) in [5.74, 6) is -0.0403. The number of non-ortho nitro benzene ring substituents is 1. The van der Waals surface area contributed by atoms with Gasteiger partial charge in [-0.05, 0) is 31.9 Å². The van der Waals surface area contributed by atoms with Crippen LogP contribution in [0.3, 0.4) is 0 Å². The smallest absolute Gasteiger partial charge is 0.269 e. The van der Waals surface area contributed by atoms with Gasteiger partial charge in [0.25, 0.3) is 5.69 Å². The van der Waals surface area contributed by atoms with Crippen LogP contribution in [-0.2, 0) is 4.79 Å². The molecule has 7 nitrogen and oxygen atoms in total. The molecule has 7 heteroatoms. The summed E-state index contributed by atoms with van der Waals surface area (Å²) in [5.41, 5.74) is 0.840. The molecule has 1 aromatic rings. The summed E-state index contributed by atoms with van der Waals surface area (Å²) in [5, 5.41) is 25.1. The first-order chi connectivity index (χ1) is 10.0. The predicted molar refractivity (Wildman–Crippen MR) is 80.1 cm³/mol. The highest BCUT2D eigenvalue weighted by Gasteiger charge is 2.06. The Labute approximate surface area is 123 Å². The van der Waals surface area contributed by atoms with Gasteiger partial charge >= 0.3 is 0 Å². The van der Waals surface area contributed by atoms with Gasteiger partial charge in [-0.2, -0.15) is 0 Å². The van der Waals surface area contributed by atoms with E-state index in [-0.39, 0.29) is 24.2 Å². The third kappa shape index (κ3) is 6.71. The van der Waals surface area contributed by atoms with Crippen LogP contribution in [0.4, 0.5) is 11.4 Å². The lowest BCUT2D eigenvalue weighted by Crippen LogP contribution is -2.33. The molecule has 3 N–H and O–H groups in total. The number of nitrogens with zero attached hydrogens (tertiary/aromatic N) is 1. The van der Waals surface area contributed by atoms with E-state index in [1.165, 1.54) is 12.1 Å². The average Bonchev–Trinajstić information content (AvgIpc) is 2.44. The minimum Gasteiger partial charge on any atom is -0.396 e. The fraction of sp³-hybridized carbons (Fsp3) is 0.500. The standard InChI is InChI=1S/C14H21N3O4/c1-11(8-10-18)16-14(19)3-2-9-15-12-4-6-13(7-5-12)17(20)21/h4-7,11,15,18H,2-3,8-10H2,1H3,(H,16,19). The molecule has 0 fully saturated rings. The second-order valence-electron chi connectivity index (χ2n) is 4.82. The zero-order valence-corrected chi connectivity index (χ0v) is 12.0. The van der Waals surface area contributed by atoms with E-state index >= 15 is 0 Å². The normalized spacial score (nSPS) is 11.7. The maximum atomic E-state index is 11.6. The monoisotopic (exact) mass is 295 g/mol. The molecule has 1 atom stereocenters. The van der Waals surface area contributed by atoms with Crippen LogP contribution >= 0.6 is 0 Å². The first-order valence-corrected chi connectivity index (χ1v) is 6.91. The van der Waals surface area contributed by atoms with Gasteiger partial charge in [0.15, 0.2) is 0 Å². The van der Waals surface area contributed by atoms with Crippen molar-refractivity contribution in [2.75, 3.05) is 18.5 Å². The number of aliphatic hydroxyl groups excluding tert-OH is 1. The van der Waals surface area contributed by atoms with Gasteiger partial charge < -0.3 is 15.7 Å². The average molecular weight is 295 g/mol. The molecule has 0 aliphatic carbocycles. The van der Waals surface area contributed by atoms with E-state index in [1.807, 2.05) is 6.92 Å². The first kappa shape index (κ1) is 16.9. The van der Waals surface area contributed by atoms with Crippen LogP contribution in [0.25, 0.3) is 0 Å². The number of nitro groups is 1. The molecule has 0 bridgehead atoms. The van der Waals surface area contributed by atoms with Crippen molar-refractivity contribution < 1.29 is 14.8 Å². The Balaban J connectivity index is 2.21. The molecule has 1 amide bonds. The number of carbonyl (C=O) groups is 1. The summed E-state index contributed by atoms with van der Waals surface area (Å²) < 4.78 is 0. The number of benzene rings is 1. The lowest BCUT2D eigenvalue weighted by molar-refractivity contribution is -0.384.